The molecule has 1 spiro atoms. The molecule has 0 saturated heterocycles. The van der Waals surface area contributed by atoms with E-state index in [1.54, 1.807) is 0 Å². The van der Waals surface area contributed by atoms with E-state index in [2.05, 4.69) is 240 Å². The Morgan fingerprint density at radius 1 is 0.311 bits per heavy atom. The Labute approximate surface area is 354 Å². The minimum atomic E-state index is -0.429. The largest absolute Gasteiger partial charge is 0.310 e. The number of para-hydroxylation sites is 2. The Balaban J connectivity index is 1.00. The first-order valence-electron chi connectivity index (χ1n) is 21.2. The van der Waals surface area contributed by atoms with E-state index >= 15 is 0 Å². The van der Waals surface area contributed by atoms with Crippen molar-refractivity contribution in [2.24, 2.45) is 0 Å². The minimum absolute atomic E-state index is 0.429. The van der Waals surface area contributed by atoms with Crippen LogP contribution in [0.3, 0.4) is 0 Å². The maximum atomic E-state index is 2.48. The van der Waals surface area contributed by atoms with Crippen LogP contribution in [0, 0.1) is 0 Å². The van der Waals surface area contributed by atoms with Gasteiger partial charge in [-0.25, -0.2) is 0 Å². The van der Waals surface area contributed by atoms with Crippen LogP contribution in [0.4, 0.5) is 17.1 Å². The van der Waals surface area contributed by atoms with Crippen LogP contribution >= 0.6 is 0 Å². The molecule has 2 aliphatic carbocycles. The molecule has 2 aliphatic rings. The van der Waals surface area contributed by atoms with Crippen molar-refractivity contribution in [1.29, 1.82) is 0 Å². The highest BCUT2D eigenvalue weighted by atomic mass is 15.1. The summed E-state index contributed by atoms with van der Waals surface area (Å²) >= 11 is 0. The highest BCUT2D eigenvalue weighted by Crippen LogP contribution is 2.63. The Morgan fingerprint density at radius 3 is 1.38 bits per heavy atom. The van der Waals surface area contributed by atoms with Crippen molar-refractivity contribution in [1.82, 2.24) is 4.57 Å². The fourth-order valence-electron chi connectivity index (χ4n) is 10.8. The van der Waals surface area contributed by atoms with Crippen LogP contribution in [-0.2, 0) is 5.41 Å². The van der Waals surface area contributed by atoms with Crippen molar-refractivity contribution < 1.29 is 0 Å². The molecular weight excluding hydrogens is 737 g/mol. The fourth-order valence-corrected chi connectivity index (χ4v) is 10.8. The molecule has 10 aromatic carbocycles. The maximum Gasteiger partial charge on any atom is 0.0726 e. The molecule has 1 heterocycles. The van der Waals surface area contributed by atoms with Crippen LogP contribution in [0.1, 0.15) is 22.3 Å². The summed E-state index contributed by atoms with van der Waals surface area (Å²) in [5, 5.41) is 5.02. The first kappa shape index (κ1) is 34.0. The highest BCUT2D eigenvalue weighted by molar-refractivity contribution is 6.09. The van der Waals surface area contributed by atoms with Crippen molar-refractivity contribution >= 4 is 49.6 Å². The Hall–Kier alpha value is -7.94. The van der Waals surface area contributed by atoms with Gasteiger partial charge in [0.05, 0.1) is 16.4 Å². The van der Waals surface area contributed by atoms with E-state index in [0.717, 1.165) is 22.7 Å². The third kappa shape index (κ3) is 4.85. The number of nitrogens with zero attached hydrogens (tertiary/aromatic N) is 2. The van der Waals surface area contributed by atoms with Crippen molar-refractivity contribution in [3.63, 3.8) is 0 Å². The predicted octanol–water partition coefficient (Wildman–Crippen LogP) is 15.4. The van der Waals surface area contributed by atoms with Crippen LogP contribution in [0.15, 0.2) is 231 Å². The predicted molar refractivity (Wildman–Crippen MR) is 255 cm³/mol. The lowest BCUT2D eigenvalue weighted by Crippen LogP contribution is -2.26. The summed E-state index contributed by atoms with van der Waals surface area (Å²) in [5.74, 6) is 0. The first-order chi connectivity index (χ1) is 30.3. The number of rotatable bonds is 5. The summed E-state index contributed by atoms with van der Waals surface area (Å²) < 4.78 is 2.39. The Bertz CT molecular complexity index is 3420. The van der Waals surface area contributed by atoms with Gasteiger partial charge in [-0.15, -0.1) is 0 Å². The highest BCUT2D eigenvalue weighted by Gasteiger charge is 2.51. The van der Waals surface area contributed by atoms with Crippen LogP contribution < -0.4 is 4.90 Å². The van der Waals surface area contributed by atoms with Gasteiger partial charge in [0.25, 0.3) is 0 Å². The van der Waals surface area contributed by atoms with E-state index in [0.29, 0.717) is 0 Å². The summed E-state index contributed by atoms with van der Waals surface area (Å²) in [7, 11) is 0. The summed E-state index contributed by atoms with van der Waals surface area (Å²) in [4.78, 5) is 2.43. The first-order valence-corrected chi connectivity index (χ1v) is 21.2. The number of anilines is 3. The molecule has 13 rings (SSSR count). The molecule has 11 aromatic rings. The SMILES string of the molecule is c1ccc2c(c1)-c1ccccc1C21c2ccccc2-c2ccc(N(c3ccc(-c4ccc5ccccc5c4)cc3)c3ccc(-n4c5ccccc5c5ccccc54)cc3)cc21. The van der Waals surface area contributed by atoms with Crippen molar-refractivity contribution in [2.45, 2.75) is 5.41 Å². The third-order valence-electron chi connectivity index (χ3n) is 13.4. The van der Waals surface area contributed by atoms with Gasteiger partial charge in [-0.05, 0) is 133 Å². The van der Waals surface area contributed by atoms with E-state index in [1.165, 1.54) is 88.2 Å². The second kappa shape index (κ2) is 13.0. The molecule has 0 fully saturated rings. The zero-order valence-corrected chi connectivity index (χ0v) is 33.3. The average molecular weight is 775 g/mol. The monoisotopic (exact) mass is 774 g/mol. The van der Waals surface area contributed by atoms with E-state index in [1.807, 2.05) is 0 Å². The van der Waals surface area contributed by atoms with Gasteiger partial charge in [-0.2, -0.15) is 0 Å². The summed E-state index contributed by atoms with van der Waals surface area (Å²) in [6.45, 7) is 0. The molecule has 0 radical (unpaired) electrons. The molecular formula is C59H38N2. The van der Waals surface area contributed by atoms with E-state index in [4.69, 9.17) is 0 Å². The lowest BCUT2D eigenvalue weighted by molar-refractivity contribution is 0.793. The zero-order chi connectivity index (χ0) is 40.1. The second-order valence-corrected chi connectivity index (χ2v) is 16.4. The lowest BCUT2D eigenvalue weighted by atomic mass is 9.70. The quantitative estimate of drug-likeness (QED) is 0.169. The van der Waals surface area contributed by atoms with Crippen LogP contribution in [0.5, 0.6) is 0 Å². The summed E-state index contributed by atoms with van der Waals surface area (Å²) in [6.07, 6.45) is 0. The van der Waals surface area contributed by atoms with Gasteiger partial charge in [-0.3, -0.25) is 0 Å². The summed E-state index contributed by atoms with van der Waals surface area (Å²) in [6, 6.07) is 85.3. The summed E-state index contributed by atoms with van der Waals surface area (Å²) in [5.41, 5.74) is 19.4. The number of benzene rings is 10. The van der Waals surface area contributed by atoms with Crippen molar-refractivity contribution in [3.05, 3.63) is 253 Å². The third-order valence-corrected chi connectivity index (χ3v) is 13.4. The average Bonchev–Trinajstić information content (AvgIpc) is 3.94. The van der Waals surface area contributed by atoms with Crippen LogP contribution in [0.2, 0.25) is 0 Å². The van der Waals surface area contributed by atoms with Gasteiger partial charge in [-0.1, -0.05) is 164 Å². The maximum absolute atomic E-state index is 2.48. The molecule has 2 heteroatoms. The molecule has 2 nitrogen and oxygen atoms in total. The van der Waals surface area contributed by atoms with Gasteiger partial charge in [0, 0.05) is 33.5 Å². The van der Waals surface area contributed by atoms with E-state index in [-0.39, 0.29) is 0 Å². The zero-order valence-electron chi connectivity index (χ0n) is 33.3. The molecule has 0 bridgehead atoms. The van der Waals surface area contributed by atoms with Gasteiger partial charge >= 0.3 is 0 Å². The Morgan fingerprint density at radius 2 is 0.770 bits per heavy atom. The molecule has 0 saturated carbocycles. The number of fused-ring (bicyclic) bond motifs is 14. The van der Waals surface area contributed by atoms with Crippen molar-refractivity contribution in [2.75, 3.05) is 4.90 Å². The molecule has 0 amide bonds. The van der Waals surface area contributed by atoms with Crippen LogP contribution in [-0.4, -0.2) is 4.57 Å². The fraction of sp³-hybridized carbons (Fsp3) is 0.0169. The number of hydrogen-bond donors (Lipinski definition) is 0. The molecule has 61 heavy (non-hydrogen) atoms. The molecule has 0 unspecified atom stereocenters. The smallest absolute Gasteiger partial charge is 0.0726 e. The lowest BCUT2D eigenvalue weighted by Gasteiger charge is -2.32. The molecule has 0 atom stereocenters. The van der Waals surface area contributed by atoms with Crippen molar-refractivity contribution in [3.8, 4) is 39.1 Å². The van der Waals surface area contributed by atoms with E-state index < -0.39 is 5.41 Å². The van der Waals surface area contributed by atoms with Crippen LogP contribution in [0.25, 0.3) is 71.6 Å². The minimum Gasteiger partial charge on any atom is -0.310 e. The number of hydrogen-bond acceptors (Lipinski definition) is 1. The molecule has 0 aliphatic heterocycles. The van der Waals surface area contributed by atoms with Gasteiger partial charge in [0.2, 0.25) is 0 Å². The molecule has 1 aromatic heterocycles. The molecule has 284 valence electrons. The van der Waals surface area contributed by atoms with Gasteiger partial charge < -0.3 is 9.47 Å². The van der Waals surface area contributed by atoms with Gasteiger partial charge in [0.1, 0.15) is 0 Å². The normalized spacial score (nSPS) is 13.0. The van der Waals surface area contributed by atoms with Gasteiger partial charge in [0.15, 0.2) is 0 Å². The second-order valence-electron chi connectivity index (χ2n) is 16.4. The standard InChI is InChI=1S/C59H38N2/c1-2-14-41-37-42(26-25-39(41)13-1)40-27-29-43(30-28-40)60(44-31-33-45(34-32-44)61-57-23-11-6-18-51(57)52-19-7-12-24-58(52)61)46-35-36-50-49-17-5-10-22-55(49)59(56(50)38-46)53-20-8-3-15-47(53)48-16-4-9-21-54(48)59/h1-38H. The Kier molecular flexibility index (Phi) is 7.26. The molecule has 0 N–H and O–H groups in total. The van der Waals surface area contributed by atoms with E-state index in [9.17, 15) is 0 Å². The number of aromatic nitrogens is 1. The topological polar surface area (TPSA) is 8.17 Å².